The fourth-order valence-electron chi connectivity index (χ4n) is 7.38. The number of H-pyrrole nitrogens is 1. The molecule has 69 heavy (non-hydrogen) atoms. The molecule has 0 aromatic carbocycles. The predicted molar refractivity (Wildman–Crippen MR) is 270 cm³/mol. The van der Waals surface area contributed by atoms with Gasteiger partial charge in [0.2, 0.25) is 17.8 Å². The molecule has 0 spiro atoms. The van der Waals surface area contributed by atoms with Crippen molar-refractivity contribution < 1.29 is 36.6 Å². The molecule has 384 valence electrons. The second-order valence-corrected chi connectivity index (χ2v) is 21.4. The summed E-state index contributed by atoms with van der Waals surface area (Å²) in [5.74, 6) is -0.830. The third-order valence-corrected chi connectivity index (χ3v) is 11.3. The van der Waals surface area contributed by atoms with Crippen LogP contribution in [0.25, 0.3) is 0 Å². The lowest BCUT2D eigenvalue weighted by Crippen LogP contribution is -2.36. The Balaban J connectivity index is 0.000000240. The van der Waals surface area contributed by atoms with E-state index in [1.54, 1.807) is 0 Å². The monoisotopic (exact) mass is 969 g/mol. The van der Waals surface area contributed by atoms with Crippen LogP contribution in [0.5, 0.6) is 0 Å². The number of primary amides is 3. The van der Waals surface area contributed by atoms with Crippen molar-refractivity contribution in [2.24, 2.45) is 39.9 Å². The molecule has 15 N–H and O–H groups in total. The molecule has 3 aliphatic rings. The molecule has 21 heteroatoms. The van der Waals surface area contributed by atoms with Crippen LogP contribution in [-0.2, 0) is 0 Å². The van der Waals surface area contributed by atoms with Gasteiger partial charge in [-0.1, -0.05) is 20.8 Å². The minimum absolute atomic E-state index is 0.0254. The van der Waals surface area contributed by atoms with E-state index < -0.39 is 60.9 Å². The summed E-state index contributed by atoms with van der Waals surface area (Å²) >= 11 is 0. The van der Waals surface area contributed by atoms with Gasteiger partial charge < -0.3 is 64.1 Å². The molecular formula is C48H81N15O6. The van der Waals surface area contributed by atoms with Crippen LogP contribution in [0.15, 0.2) is 23.6 Å². The van der Waals surface area contributed by atoms with Gasteiger partial charge in [0.1, 0.15) is 17.1 Å². The molecule has 3 saturated carbocycles. The van der Waals surface area contributed by atoms with Crippen molar-refractivity contribution in [3.63, 3.8) is 0 Å². The number of rotatable bonds is 11. The van der Waals surface area contributed by atoms with Crippen molar-refractivity contribution in [1.82, 2.24) is 29.9 Å². The van der Waals surface area contributed by atoms with E-state index in [2.05, 4.69) is 61.5 Å². The fraction of sp³-hybridized carbons (Fsp3) is 0.688. The molecule has 6 rings (SSSR count). The minimum Gasteiger partial charge on any atom is -0.393 e. The quantitative estimate of drug-likeness (QED) is 0.124. The number of nitrogens with zero attached hydrogens (tertiary/aromatic N) is 6. The van der Waals surface area contributed by atoms with E-state index in [0.29, 0.717) is 37.1 Å². The Kier molecular flexibility index (Phi) is 16.7. The van der Waals surface area contributed by atoms with E-state index in [0.717, 1.165) is 12.8 Å². The summed E-state index contributed by atoms with van der Waals surface area (Å²) in [6.45, 7) is 23.2. The summed E-state index contributed by atoms with van der Waals surface area (Å²) in [6.07, 6.45) is 0.756. The lowest BCUT2D eigenvalue weighted by molar-refractivity contribution is 0.0704. The molecule has 9 atom stereocenters. The maximum absolute atomic E-state index is 11.7. The van der Waals surface area contributed by atoms with Crippen LogP contribution >= 0.6 is 0 Å². The molecule has 21 nitrogen and oxygen atoms in total. The van der Waals surface area contributed by atoms with Crippen molar-refractivity contribution >= 4 is 47.2 Å². The van der Waals surface area contributed by atoms with E-state index in [9.17, 15) is 29.7 Å². The molecule has 3 fully saturated rings. The first-order chi connectivity index (χ1) is 33.9. The van der Waals surface area contributed by atoms with Crippen molar-refractivity contribution in [2.45, 2.75) is 194 Å². The highest BCUT2D eigenvalue weighted by atomic mass is 16.3. The Labute approximate surface area is 414 Å². The van der Waals surface area contributed by atoms with Gasteiger partial charge >= 0.3 is 0 Å². The highest BCUT2D eigenvalue weighted by Crippen LogP contribution is 2.30. The largest absolute Gasteiger partial charge is 0.393 e. The van der Waals surface area contributed by atoms with Gasteiger partial charge in [-0.05, 0) is 138 Å². The molecule has 0 bridgehead atoms. The number of carbonyl (C=O) groups excluding carboxylic acids is 3. The minimum atomic E-state index is -1.85. The number of nitrogens with one attached hydrogen (secondary N) is 6. The molecule has 3 amide bonds. The van der Waals surface area contributed by atoms with E-state index in [1.807, 2.05) is 83.1 Å². The van der Waals surface area contributed by atoms with Crippen molar-refractivity contribution in [3.8, 4) is 0 Å². The van der Waals surface area contributed by atoms with Gasteiger partial charge in [0.05, 0.1) is 42.4 Å². The Hall–Kier alpha value is -5.67. The van der Waals surface area contributed by atoms with Gasteiger partial charge in [-0.25, -0.2) is 15.0 Å². The fourth-order valence-corrected chi connectivity index (χ4v) is 7.38. The zero-order valence-corrected chi connectivity index (χ0v) is 42.3. The molecule has 0 aliphatic heterocycles. The number of aliphatic hydroxyl groups excluding tert-OH is 3. The molecular weight excluding hydrogens is 883 g/mol. The van der Waals surface area contributed by atoms with Gasteiger partial charge in [0.25, 0.3) is 17.7 Å². The molecule has 0 radical (unpaired) electrons. The number of anilines is 5. The van der Waals surface area contributed by atoms with Crippen molar-refractivity contribution in [3.05, 3.63) is 40.7 Å². The lowest BCUT2D eigenvalue weighted by atomic mass is 9.85. The van der Waals surface area contributed by atoms with Crippen LogP contribution in [-0.4, -0.2) is 116 Å². The van der Waals surface area contributed by atoms with Gasteiger partial charge in [-0.3, -0.25) is 19.4 Å². The average Bonchev–Trinajstić information content (AvgIpc) is 3.23. The summed E-state index contributed by atoms with van der Waals surface area (Å²) < 4.78 is 40.9. The summed E-state index contributed by atoms with van der Waals surface area (Å²) in [4.78, 5) is 63.4. The molecule has 9 unspecified atom stereocenters. The number of hydrogen-bond acceptors (Lipinski definition) is 17. The zero-order valence-electron chi connectivity index (χ0n) is 47.3. The van der Waals surface area contributed by atoms with E-state index in [1.165, 1.54) is 12.4 Å². The van der Waals surface area contributed by atoms with Crippen LogP contribution < -0.4 is 49.3 Å². The highest BCUT2D eigenvalue weighted by molar-refractivity contribution is 5.98. The Morgan fingerprint density at radius 2 is 1.12 bits per heavy atom. The molecule has 3 aliphatic carbocycles. The molecule has 0 saturated heterocycles. The lowest BCUT2D eigenvalue weighted by Gasteiger charge is -2.32. The van der Waals surface area contributed by atoms with E-state index in [4.69, 9.17) is 24.1 Å². The normalized spacial score (nSPS) is 27.9. The smallest absolute Gasteiger partial charge is 0.254 e. The Morgan fingerprint density at radius 3 is 1.61 bits per heavy atom. The van der Waals surface area contributed by atoms with Crippen molar-refractivity contribution in [1.29, 1.82) is 0 Å². The van der Waals surface area contributed by atoms with Crippen molar-refractivity contribution in [2.75, 3.05) is 26.6 Å². The van der Waals surface area contributed by atoms with Gasteiger partial charge in [-0.15, -0.1) is 0 Å². The number of aliphatic hydroxyl groups is 3. The Bertz CT molecular complexity index is 2440. The second-order valence-electron chi connectivity index (χ2n) is 21.4. The SMILES string of the molecule is [2H]C1([2H])C(Nc2nc(NC(C)(C)C)ncc2C(N)=O)CCC(C)C1O.[2H]C1([2H])CC(C)C(O)CC1Nc1nc(NC(C)(C)C)ncc1C(N)=O.[2H]c1nc(NC(C)(C)C)[nH]c(=NC2CCC(C)C(O)C2)c1C(N)=O. The van der Waals surface area contributed by atoms with Crippen LogP contribution in [0.1, 0.15) is 179 Å². The van der Waals surface area contributed by atoms with Gasteiger partial charge in [-0.2, -0.15) is 9.97 Å². The molecule has 3 aromatic rings. The first-order valence-electron chi connectivity index (χ1n) is 26.1. The summed E-state index contributed by atoms with van der Waals surface area (Å²) in [7, 11) is 0. The number of nitrogens with two attached hydrogens (primary N) is 3. The third kappa shape index (κ3) is 18.3. The number of hydrogen-bond donors (Lipinski definition) is 12. The summed E-state index contributed by atoms with van der Waals surface area (Å²) in [6, 6.07) is -1.49. The van der Waals surface area contributed by atoms with Gasteiger partial charge in [0.15, 0.2) is 0 Å². The first kappa shape index (κ1) is 48.4. The molecule has 3 aromatic heterocycles. The maximum atomic E-state index is 11.7. The van der Waals surface area contributed by atoms with Crippen LogP contribution in [0.3, 0.4) is 0 Å². The summed E-state index contributed by atoms with van der Waals surface area (Å²) in [5.41, 5.74) is 15.8. The number of aromatic amines is 1. The summed E-state index contributed by atoms with van der Waals surface area (Å²) in [5, 5.41) is 45.6. The zero-order chi connectivity index (χ0) is 56.1. The predicted octanol–water partition coefficient (Wildman–Crippen LogP) is 4.66. The number of amides is 3. The third-order valence-electron chi connectivity index (χ3n) is 11.3. The molecule has 3 heterocycles. The first-order valence-corrected chi connectivity index (χ1v) is 23.6. The Morgan fingerprint density at radius 1 is 0.652 bits per heavy atom. The standard InChI is InChI=1S/3C16H27N5O2/c3*1-9-5-6-10(7-12(9)22)19-14-11(13(17)23)8-18-15(20-14)21-16(2,3)4/h3*8-10,12,22H,5-7H2,1-4H3,(H2,17,23)(H2,18,19,20,21)/i8D;7D2;6D2. The topological polar surface area (TPSA) is 343 Å². The number of aromatic nitrogens is 6. The second kappa shape index (κ2) is 23.8. The van der Waals surface area contributed by atoms with Crippen LogP contribution in [0, 0.1) is 17.8 Å². The average molecular weight is 969 g/mol. The van der Waals surface area contributed by atoms with E-state index in [-0.39, 0.29) is 93.2 Å². The maximum Gasteiger partial charge on any atom is 0.254 e. The van der Waals surface area contributed by atoms with E-state index >= 15 is 0 Å². The van der Waals surface area contributed by atoms with Crippen LogP contribution in [0.2, 0.25) is 0 Å². The highest BCUT2D eigenvalue weighted by Gasteiger charge is 2.30. The van der Waals surface area contributed by atoms with Crippen LogP contribution in [0.4, 0.5) is 29.5 Å². The van der Waals surface area contributed by atoms with Gasteiger partial charge in [0, 0.05) is 52.8 Å². The number of carbonyl (C=O) groups is 3.